The van der Waals surface area contributed by atoms with Crippen LogP contribution in [0.3, 0.4) is 0 Å². The van der Waals surface area contributed by atoms with Gasteiger partial charge in [0, 0.05) is 52.0 Å². The van der Waals surface area contributed by atoms with Crippen LogP contribution in [-0.2, 0) is 0 Å². The van der Waals surface area contributed by atoms with Gasteiger partial charge in [0.1, 0.15) is 0 Å². The summed E-state index contributed by atoms with van der Waals surface area (Å²) in [5.74, 6) is 0.380. The molecule has 0 atom stereocenters. The van der Waals surface area contributed by atoms with E-state index < -0.39 is 18.1 Å². The lowest BCUT2D eigenvalue weighted by Gasteiger charge is -2.11. The number of hydrogen-bond acceptors (Lipinski definition) is 4. The van der Waals surface area contributed by atoms with Crippen molar-refractivity contribution >= 4 is 95.7 Å². The zero-order chi connectivity index (χ0) is 32.4. The van der Waals surface area contributed by atoms with Gasteiger partial charge in [0.25, 0.3) is 0 Å². The van der Waals surface area contributed by atoms with Crippen molar-refractivity contribution in [1.29, 1.82) is 0 Å². The topological polar surface area (TPSA) is 30.7 Å². The van der Waals surface area contributed by atoms with Crippen molar-refractivity contribution in [3.63, 3.8) is 0 Å². The van der Waals surface area contributed by atoms with Crippen LogP contribution in [-0.4, -0.2) is 14.5 Å². The Balaban J connectivity index is 1.47. The summed E-state index contributed by atoms with van der Waals surface area (Å²) >= 11 is 3.24. The van der Waals surface area contributed by atoms with Gasteiger partial charge in [-0.25, -0.2) is 9.97 Å². The fraction of sp³-hybridized carbons (Fsp3) is 0. The van der Waals surface area contributed by atoms with Gasteiger partial charge in [-0.05, 0) is 23.6 Å². The lowest BCUT2D eigenvalue weighted by atomic mass is 10.00. The predicted octanol–water partition coefficient (Wildman–Crippen LogP) is 11.1. The van der Waals surface area contributed by atoms with Gasteiger partial charge in [0.2, 0.25) is 5.95 Å². The highest BCUT2D eigenvalue weighted by Gasteiger charge is 2.24. The second-order valence-corrected chi connectivity index (χ2v) is 12.7. The van der Waals surface area contributed by atoms with Crippen molar-refractivity contribution in [2.45, 2.75) is 0 Å². The van der Waals surface area contributed by atoms with Crippen LogP contribution in [0, 0.1) is 0 Å². The van der Waals surface area contributed by atoms with E-state index in [-0.39, 0.29) is 17.6 Å². The second kappa shape index (κ2) is 8.71. The molecule has 0 N–H and O–H groups in total. The smallest absolute Gasteiger partial charge is 0.235 e. The van der Waals surface area contributed by atoms with Crippen molar-refractivity contribution in [3.05, 3.63) is 127 Å². The highest BCUT2D eigenvalue weighted by atomic mass is 32.1. The van der Waals surface area contributed by atoms with Crippen LogP contribution in [0.25, 0.3) is 90.3 Å². The summed E-state index contributed by atoms with van der Waals surface area (Å²) in [6.07, 6.45) is 0. The highest BCUT2D eigenvalue weighted by Crippen LogP contribution is 2.48. The first-order valence-corrected chi connectivity index (χ1v) is 15.6. The molecule has 4 aromatic heterocycles. The molecule has 3 nitrogen and oxygen atoms in total. The first-order valence-electron chi connectivity index (χ1n) is 16.4. The second-order valence-electron chi connectivity index (χ2n) is 10.6. The zero-order valence-corrected chi connectivity index (χ0v) is 24.0. The van der Waals surface area contributed by atoms with Crippen molar-refractivity contribution in [2.24, 2.45) is 0 Å². The van der Waals surface area contributed by atoms with Crippen LogP contribution in [0.15, 0.2) is 127 Å². The normalized spacial score (nSPS) is 13.8. The molecule has 6 aromatic carbocycles. The van der Waals surface area contributed by atoms with E-state index >= 15 is 0 Å². The summed E-state index contributed by atoms with van der Waals surface area (Å²) in [5, 5.41) is 7.66. The Morgan fingerprint density at radius 1 is 0.558 bits per heavy atom. The molecule has 4 heterocycles. The maximum absolute atomic E-state index is 8.92. The molecule has 0 aliphatic heterocycles. The molecule has 0 spiro atoms. The van der Waals surface area contributed by atoms with Gasteiger partial charge in [-0.2, -0.15) is 0 Å². The van der Waals surface area contributed by atoms with Gasteiger partial charge < -0.3 is 0 Å². The van der Waals surface area contributed by atoms with E-state index in [0.29, 0.717) is 21.9 Å². The van der Waals surface area contributed by atoms with Crippen LogP contribution in [0.4, 0.5) is 0 Å². The Hall–Kier alpha value is -5.10. The van der Waals surface area contributed by atoms with Gasteiger partial charge in [-0.15, -0.1) is 22.7 Å². The number of para-hydroxylation sites is 1. The molecule has 0 bridgehead atoms. The minimum atomic E-state index is -0.434. The molecular weight excluding hydrogens is 563 g/mol. The molecule has 200 valence electrons. The van der Waals surface area contributed by atoms with Crippen LogP contribution in [0.5, 0.6) is 0 Å². The van der Waals surface area contributed by atoms with E-state index in [4.69, 9.17) is 16.8 Å². The molecule has 0 saturated heterocycles. The fourth-order valence-corrected chi connectivity index (χ4v) is 8.92. The van der Waals surface area contributed by atoms with Crippen molar-refractivity contribution in [2.75, 3.05) is 0 Å². The number of thiophene rings is 2. The Labute approximate surface area is 260 Å². The Morgan fingerprint density at radius 2 is 1.19 bits per heavy atom. The number of rotatable bonds is 2. The maximum Gasteiger partial charge on any atom is 0.235 e. The molecular formula is C38H21N3S2. The molecule has 5 heteroatoms. The molecule has 0 radical (unpaired) electrons. The summed E-state index contributed by atoms with van der Waals surface area (Å²) in [6.45, 7) is 0. The standard InChI is InChI=1S/C38H21N3S2/c1-2-12-22(13-3-1)33-37-34(27-18-8-11-21-30(27)43-37)40-38(39-33)41-28-19-9-6-16-25(28)31-23-14-4-5-15-24(23)36-32(35(31)41)26-17-7-10-20-29(26)42-36/h1-21H/i1D,2D,3D,12D,13D. The third-order valence-corrected chi connectivity index (χ3v) is 10.7. The molecule has 0 aliphatic carbocycles. The van der Waals surface area contributed by atoms with E-state index in [1.807, 2.05) is 36.4 Å². The molecule has 0 fully saturated rings. The molecule has 43 heavy (non-hydrogen) atoms. The third-order valence-electron chi connectivity index (χ3n) is 8.29. The van der Waals surface area contributed by atoms with Gasteiger partial charge in [0.15, 0.2) is 0 Å². The Kier molecular flexibility index (Phi) is 3.88. The number of aromatic nitrogens is 3. The van der Waals surface area contributed by atoms with E-state index in [1.54, 1.807) is 11.3 Å². The molecule has 10 aromatic rings. The minimum Gasteiger partial charge on any atom is -0.277 e. The number of nitrogens with zero attached hydrogens (tertiary/aromatic N) is 3. The molecule has 0 amide bonds. The molecule has 0 unspecified atom stereocenters. The van der Waals surface area contributed by atoms with Gasteiger partial charge in [0.05, 0.1) is 33.8 Å². The molecule has 0 saturated carbocycles. The van der Waals surface area contributed by atoms with E-state index in [2.05, 4.69) is 65.2 Å². The van der Waals surface area contributed by atoms with Crippen molar-refractivity contribution in [3.8, 4) is 17.2 Å². The molecule has 10 rings (SSSR count). The van der Waals surface area contributed by atoms with Crippen molar-refractivity contribution in [1.82, 2.24) is 14.5 Å². The van der Waals surface area contributed by atoms with Crippen LogP contribution >= 0.6 is 22.7 Å². The summed E-state index contributed by atoms with van der Waals surface area (Å²) in [7, 11) is 0. The minimum absolute atomic E-state index is 0.0681. The predicted molar refractivity (Wildman–Crippen MR) is 185 cm³/mol. The summed E-state index contributed by atoms with van der Waals surface area (Å²) in [6, 6.07) is 31.4. The van der Waals surface area contributed by atoms with Crippen LogP contribution < -0.4 is 0 Å². The maximum atomic E-state index is 8.92. The zero-order valence-electron chi connectivity index (χ0n) is 27.4. The van der Waals surface area contributed by atoms with Crippen LogP contribution in [0.2, 0.25) is 0 Å². The first-order chi connectivity index (χ1) is 23.4. The number of fused-ring (bicyclic) bond motifs is 13. The third kappa shape index (κ3) is 3.18. The largest absolute Gasteiger partial charge is 0.277 e. The van der Waals surface area contributed by atoms with E-state index in [1.165, 1.54) is 26.1 Å². The van der Waals surface area contributed by atoms with Gasteiger partial charge >= 0.3 is 0 Å². The van der Waals surface area contributed by atoms with Crippen molar-refractivity contribution < 1.29 is 6.85 Å². The fourth-order valence-electron chi connectivity index (χ4n) is 6.54. The average Bonchev–Trinajstić information content (AvgIpc) is 3.80. The number of benzene rings is 6. The van der Waals surface area contributed by atoms with Gasteiger partial charge in [-0.3, -0.25) is 4.57 Å². The molecule has 0 aliphatic rings. The van der Waals surface area contributed by atoms with E-state index in [9.17, 15) is 0 Å². The monoisotopic (exact) mass is 588 g/mol. The Morgan fingerprint density at radius 3 is 2.00 bits per heavy atom. The van der Waals surface area contributed by atoms with E-state index in [0.717, 1.165) is 48.1 Å². The van der Waals surface area contributed by atoms with Gasteiger partial charge in [-0.1, -0.05) is 109 Å². The quantitative estimate of drug-likeness (QED) is 0.201. The summed E-state index contributed by atoms with van der Waals surface area (Å²) < 4.78 is 49.2. The Bertz CT molecular complexity index is 3000. The summed E-state index contributed by atoms with van der Waals surface area (Å²) in [5.41, 5.74) is 2.98. The first kappa shape index (κ1) is 19.2. The van der Waals surface area contributed by atoms with Crippen LogP contribution in [0.1, 0.15) is 6.85 Å². The lowest BCUT2D eigenvalue weighted by Crippen LogP contribution is -2.03. The highest BCUT2D eigenvalue weighted by molar-refractivity contribution is 7.27. The summed E-state index contributed by atoms with van der Waals surface area (Å²) in [4.78, 5) is 10.5. The number of hydrogen-bond donors (Lipinski definition) is 0. The lowest BCUT2D eigenvalue weighted by molar-refractivity contribution is 1.02. The SMILES string of the molecule is [2H]c1c([2H])c([2H])c(-c2nc(-n3c4ccccc4c4c5ccccc5c5sc6ccccc6c5c43)nc3c2sc2ccccc23)c([2H])c1[2H]. The average molecular weight is 589 g/mol.